The van der Waals surface area contributed by atoms with E-state index in [4.69, 9.17) is 8.83 Å². The van der Waals surface area contributed by atoms with Crippen LogP contribution >= 0.6 is 0 Å². The zero-order chi connectivity index (χ0) is 23.5. The summed E-state index contributed by atoms with van der Waals surface area (Å²) in [5.74, 6) is 2.40. The fourth-order valence-corrected chi connectivity index (χ4v) is 4.38. The van der Waals surface area contributed by atoms with Gasteiger partial charge in [0.1, 0.15) is 17.0 Å². The number of benzene rings is 2. The molecule has 34 heavy (non-hydrogen) atoms. The van der Waals surface area contributed by atoms with Crippen LogP contribution in [0.4, 0.5) is 0 Å². The Morgan fingerprint density at radius 2 is 1.82 bits per heavy atom. The molecule has 0 spiro atoms. The van der Waals surface area contributed by atoms with Crippen molar-refractivity contribution in [3.8, 4) is 11.5 Å². The first kappa shape index (κ1) is 21.9. The van der Waals surface area contributed by atoms with Gasteiger partial charge in [0.15, 0.2) is 5.58 Å². The Balaban J connectivity index is 1.15. The number of piperidine rings is 1. The highest BCUT2D eigenvalue weighted by Crippen LogP contribution is 2.26. The fraction of sp³-hybridized carbons (Fsp3) is 0.296. The molecular weight excluding hydrogens is 430 g/mol. The van der Waals surface area contributed by atoms with Gasteiger partial charge in [-0.3, -0.25) is 9.59 Å². The Labute approximate surface area is 197 Å². The van der Waals surface area contributed by atoms with Gasteiger partial charge in [0.2, 0.25) is 11.8 Å². The third-order valence-electron chi connectivity index (χ3n) is 6.29. The lowest BCUT2D eigenvalue weighted by molar-refractivity contribution is -0.122. The van der Waals surface area contributed by atoms with Crippen LogP contribution in [0.25, 0.3) is 22.6 Å². The first-order valence-corrected chi connectivity index (χ1v) is 11.6. The van der Waals surface area contributed by atoms with Crippen LogP contribution in [0.15, 0.2) is 69.5 Å². The van der Waals surface area contributed by atoms with E-state index in [1.165, 1.54) is 0 Å². The number of hydrogen-bond donors (Lipinski definition) is 1. The number of oxazole rings is 1. The summed E-state index contributed by atoms with van der Waals surface area (Å²) < 4.78 is 11.4. The number of aromatic nitrogens is 1. The molecule has 0 aliphatic carbocycles. The van der Waals surface area contributed by atoms with Gasteiger partial charge in [-0.15, -0.1) is 0 Å². The number of likely N-dealkylation sites (tertiary alicyclic amines) is 1. The van der Waals surface area contributed by atoms with Gasteiger partial charge in [-0.05, 0) is 68.1 Å². The molecule has 1 N–H and O–H groups in total. The van der Waals surface area contributed by atoms with Crippen LogP contribution in [0.1, 0.15) is 41.1 Å². The van der Waals surface area contributed by atoms with Gasteiger partial charge in [-0.1, -0.05) is 18.2 Å². The number of carbonyl (C=O) groups excluding carboxylic acids is 2. The number of aryl methyl sites for hydroxylation is 1. The van der Waals surface area contributed by atoms with Crippen molar-refractivity contribution < 1.29 is 18.4 Å². The predicted octanol–water partition coefficient (Wildman–Crippen LogP) is 4.95. The van der Waals surface area contributed by atoms with Gasteiger partial charge >= 0.3 is 0 Å². The van der Waals surface area contributed by atoms with Gasteiger partial charge in [0.05, 0.1) is 6.54 Å². The van der Waals surface area contributed by atoms with E-state index in [1.807, 2.05) is 60.4 Å². The van der Waals surface area contributed by atoms with Gasteiger partial charge < -0.3 is 19.1 Å². The first-order chi connectivity index (χ1) is 16.5. The molecule has 174 valence electrons. The average molecular weight is 458 g/mol. The van der Waals surface area contributed by atoms with Crippen molar-refractivity contribution in [2.24, 2.45) is 5.92 Å². The van der Waals surface area contributed by atoms with Crippen LogP contribution in [0.2, 0.25) is 0 Å². The predicted molar refractivity (Wildman–Crippen MR) is 128 cm³/mol. The van der Waals surface area contributed by atoms with Crippen LogP contribution in [-0.4, -0.2) is 34.8 Å². The van der Waals surface area contributed by atoms with Crippen molar-refractivity contribution in [1.82, 2.24) is 15.2 Å². The van der Waals surface area contributed by atoms with Crippen molar-refractivity contribution in [2.45, 2.75) is 32.7 Å². The molecule has 2 aromatic heterocycles. The monoisotopic (exact) mass is 457 g/mol. The van der Waals surface area contributed by atoms with Crippen LogP contribution in [-0.2, 0) is 11.3 Å². The van der Waals surface area contributed by atoms with E-state index < -0.39 is 0 Å². The number of hydrogen-bond acceptors (Lipinski definition) is 5. The number of rotatable bonds is 6. The number of nitrogens with zero attached hydrogens (tertiary/aromatic N) is 2. The topological polar surface area (TPSA) is 88.6 Å². The van der Waals surface area contributed by atoms with Crippen molar-refractivity contribution in [1.29, 1.82) is 0 Å². The molecule has 7 heteroatoms. The Hall–Kier alpha value is -3.87. The number of carbonyl (C=O) groups is 2. The molecule has 1 aliphatic heterocycles. The molecule has 1 saturated heterocycles. The minimum Gasteiger partial charge on any atom is -0.465 e. The third-order valence-corrected chi connectivity index (χ3v) is 6.29. The number of fused-ring (bicyclic) bond motifs is 1. The average Bonchev–Trinajstić information content (AvgIpc) is 3.49. The van der Waals surface area contributed by atoms with Crippen LogP contribution in [0.3, 0.4) is 0 Å². The maximum atomic E-state index is 13.1. The van der Waals surface area contributed by atoms with Crippen LogP contribution in [0, 0.1) is 12.8 Å². The fourth-order valence-electron chi connectivity index (χ4n) is 4.38. The molecule has 2 amide bonds. The van der Waals surface area contributed by atoms with E-state index in [0.717, 1.165) is 35.4 Å². The minimum atomic E-state index is -0.0179. The zero-order valence-corrected chi connectivity index (χ0v) is 19.1. The largest absolute Gasteiger partial charge is 0.465 e. The third kappa shape index (κ3) is 4.88. The molecule has 1 aliphatic rings. The summed E-state index contributed by atoms with van der Waals surface area (Å²) in [6.45, 7) is 3.56. The molecule has 7 nitrogen and oxygen atoms in total. The molecule has 1 fully saturated rings. The zero-order valence-electron chi connectivity index (χ0n) is 19.1. The second-order valence-corrected chi connectivity index (χ2v) is 8.80. The highest BCUT2D eigenvalue weighted by Gasteiger charge is 2.25. The lowest BCUT2D eigenvalue weighted by Crippen LogP contribution is -2.39. The summed E-state index contributed by atoms with van der Waals surface area (Å²) in [5.41, 5.74) is 2.82. The second kappa shape index (κ2) is 9.55. The number of furan rings is 1. The standard InChI is InChI=1S/C27H27N3O4/c1-18-7-9-22(33-18)17-28-25(31)15-19-11-13-30(14-12-19)27(32)21-8-10-23-24(16-21)34-26(29-23)20-5-3-2-4-6-20/h2-10,16,19H,11-15,17H2,1H3,(H,28,31). The Morgan fingerprint density at radius 3 is 2.56 bits per heavy atom. The van der Waals surface area contributed by atoms with E-state index >= 15 is 0 Å². The number of nitrogens with one attached hydrogen (secondary N) is 1. The van der Waals surface area contributed by atoms with Gasteiger partial charge in [-0.25, -0.2) is 4.98 Å². The molecule has 4 aromatic rings. The maximum absolute atomic E-state index is 13.1. The SMILES string of the molecule is Cc1ccc(CNC(=O)CC2CCN(C(=O)c3ccc4nc(-c5ccccc5)oc4c3)CC2)o1. The highest BCUT2D eigenvalue weighted by atomic mass is 16.3. The molecule has 0 atom stereocenters. The smallest absolute Gasteiger partial charge is 0.253 e. The molecule has 0 saturated carbocycles. The highest BCUT2D eigenvalue weighted by molar-refractivity contribution is 5.97. The Kier molecular flexibility index (Phi) is 6.16. The summed E-state index contributed by atoms with van der Waals surface area (Å²) in [6, 6.07) is 18.9. The van der Waals surface area contributed by atoms with Crippen LogP contribution in [0.5, 0.6) is 0 Å². The lowest BCUT2D eigenvalue weighted by atomic mass is 9.93. The Bertz CT molecular complexity index is 1300. The second-order valence-electron chi connectivity index (χ2n) is 8.80. The minimum absolute atomic E-state index is 0.0174. The summed E-state index contributed by atoms with van der Waals surface area (Å²) in [4.78, 5) is 31.8. The van der Waals surface area contributed by atoms with E-state index in [0.29, 0.717) is 43.1 Å². The van der Waals surface area contributed by atoms with Crippen molar-refractivity contribution >= 4 is 22.9 Å². The van der Waals surface area contributed by atoms with E-state index in [1.54, 1.807) is 12.1 Å². The molecule has 2 aromatic carbocycles. The first-order valence-electron chi connectivity index (χ1n) is 11.6. The van der Waals surface area contributed by atoms with E-state index in [9.17, 15) is 9.59 Å². The van der Waals surface area contributed by atoms with Gasteiger partial charge in [-0.2, -0.15) is 0 Å². The van der Waals surface area contributed by atoms with Crippen molar-refractivity contribution in [2.75, 3.05) is 13.1 Å². The summed E-state index contributed by atoms with van der Waals surface area (Å²) >= 11 is 0. The van der Waals surface area contributed by atoms with Crippen molar-refractivity contribution in [3.63, 3.8) is 0 Å². The molecule has 5 rings (SSSR count). The molecule has 0 bridgehead atoms. The lowest BCUT2D eigenvalue weighted by Gasteiger charge is -2.31. The van der Waals surface area contributed by atoms with Gasteiger partial charge in [0, 0.05) is 30.6 Å². The Morgan fingerprint density at radius 1 is 1.03 bits per heavy atom. The summed E-state index contributed by atoms with van der Waals surface area (Å²) in [5, 5.41) is 2.92. The van der Waals surface area contributed by atoms with Crippen molar-refractivity contribution in [3.05, 3.63) is 77.7 Å². The summed E-state index contributed by atoms with van der Waals surface area (Å²) in [7, 11) is 0. The maximum Gasteiger partial charge on any atom is 0.253 e. The normalized spacial score (nSPS) is 14.4. The number of amides is 2. The van der Waals surface area contributed by atoms with E-state index in [2.05, 4.69) is 10.3 Å². The van der Waals surface area contributed by atoms with E-state index in [-0.39, 0.29) is 17.7 Å². The van der Waals surface area contributed by atoms with Crippen LogP contribution < -0.4 is 5.32 Å². The quantitative estimate of drug-likeness (QED) is 0.442. The van der Waals surface area contributed by atoms with Gasteiger partial charge in [0.25, 0.3) is 5.91 Å². The molecular formula is C27H27N3O4. The molecule has 0 radical (unpaired) electrons. The molecule has 0 unspecified atom stereocenters. The molecule has 3 heterocycles. The summed E-state index contributed by atoms with van der Waals surface area (Å²) in [6.07, 6.45) is 2.08.